The van der Waals surface area contributed by atoms with E-state index >= 15 is 0 Å². The van der Waals surface area contributed by atoms with Crippen LogP contribution in [0.5, 0.6) is 0 Å². The van der Waals surface area contributed by atoms with Crippen molar-refractivity contribution in [2.45, 2.75) is 18.4 Å². The van der Waals surface area contributed by atoms with Crippen molar-refractivity contribution in [2.75, 3.05) is 13.1 Å². The lowest BCUT2D eigenvalue weighted by Gasteiger charge is -2.28. The van der Waals surface area contributed by atoms with E-state index in [9.17, 15) is 5.11 Å². The Balaban J connectivity index is 2.18. The number of nitriles is 1. The largest absolute Gasteiger partial charge is 0.391 e. The topological polar surface area (TPSA) is 56.0 Å². The Hall–Kier alpha value is -1.37. The Bertz CT molecular complexity index is 366. The van der Waals surface area contributed by atoms with Crippen LogP contribution in [0.3, 0.4) is 0 Å². The van der Waals surface area contributed by atoms with E-state index < -0.39 is 0 Å². The first-order valence-electron chi connectivity index (χ1n) is 5.20. The molecule has 1 aliphatic rings. The lowest BCUT2D eigenvalue weighted by molar-refractivity contribution is 0.118. The van der Waals surface area contributed by atoms with Gasteiger partial charge in [0.05, 0.1) is 17.7 Å². The molecule has 1 fully saturated rings. The van der Waals surface area contributed by atoms with E-state index in [1.165, 1.54) is 0 Å². The summed E-state index contributed by atoms with van der Waals surface area (Å²) in [5.74, 6) is 0.207. The fraction of sp³-hybridized carbons (Fsp3) is 0.417. The molecule has 0 saturated carbocycles. The Kier molecular flexibility index (Phi) is 3.00. The van der Waals surface area contributed by atoms with E-state index in [1.54, 1.807) is 0 Å². The van der Waals surface area contributed by atoms with Crippen LogP contribution in [-0.4, -0.2) is 24.3 Å². The molecule has 78 valence electrons. The van der Waals surface area contributed by atoms with Gasteiger partial charge in [0.25, 0.3) is 0 Å². The van der Waals surface area contributed by atoms with Crippen molar-refractivity contribution in [2.24, 2.45) is 0 Å². The summed E-state index contributed by atoms with van der Waals surface area (Å²) in [6.45, 7) is 1.60. The lowest BCUT2D eigenvalue weighted by atomic mass is 9.87. The Morgan fingerprint density at radius 1 is 1.33 bits per heavy atom. The summed E-state index contributed by atoms with van der Waals surface area (Å²) < 4.78 is 0. The third-order valence-electron chi connectivity index (χ3n) is 2.92. The number of aliphatic hydroxyl groups is 1. The van der Waals surface area contributed by atoms with Crippen molar-refractivity contribution in [3.63, 3.8) is 0 Å². The van der Waals surface area contributed by atoms with Gasteiger partial charge in [0.15, 0.2) is 0 Å². The maximum absolute atomic E-state index is 9.82. The number of benzene rings is 1. The SMILES string of the molecule is N#Cc1ccc(C2CCNCC2O)cc1. The number of rotatable bonds is 1. The molecular weight excluding hydrogens is 188 g/mol. The summed E-state index contributed by atoms with van der Waals surface area (Å²) in [6.07, 6.45) is 0.638. The summed E-state index contributed by atoms with van der Waals surface area (Å²) in [6, 6.07) is 9.60. The minimum Gasteiger partial charge on any atom is -0.391 e. The van der Waals surface area contributed by atoms with Crippen LogP contribution in [0.4, 0.5) is 0 Å². The zero-order valence-electron chi connectivity index (χ0n) is 8.48. The summed E-state index contributed by atoms with van der Waals surface area (Å²) in [5.41, 5.74) is 1.80. The molecule has 0 amide bonds. The molecule has 1 heterocycles. The van der Waals surface area contributed by atoms with Crippen LogP contribution >= 0.6 is 0 Å². The van der Waals surface area contributed by atoms with E-state index in [1.807, 2.05) is 24.3 Å². The fourth-order valence-electron chi connectivity index (χ4n) is 2.04. The van der Waals surface area contributed by atoms with Crippen LogP contribution in [0.25, 0.3) is 0 Å². The fourth-order valence-corrected chi connectivity index (χ4v) is 2.04. The van der Waals surface area contributed by atoms with Crippen molar-refractivity contribution in [3.8, 4) is 6.07 Å². The van der Waals surface area contributed by atoms with Gasteiger partial charge in [-0.1, -0.05) is 12.1 Å². The van der Waals surface area contributed by atoms with Gasteiger partial charge >= 0.3 is 0 Å². The standard InChI is InChI=1S/C12H14N2O/c13-7-9-1-3-10(4-2-9)11-5-6-14-8-12(11)15/h1-4,11-12,14-15H,5-6,8H2. The Morgan fingerprint density at radius 3 is 2.67 bits per heavy atom. The average Bonchev–Trinajstić information content (AvgIpc) is 2.30. The van der Waals surface area contributed by atoms with Crippen molar-refractivity contribution in [1.29, 1.82) is 5.26 Å². The van der Waals surface area contributed by atoms with Gasteiger partial charge in [-0.25, -0.2) is 0 Å². The number of nitrogens with zero attached hydrogens (tertiary/aromatic N) is 1. The summed E-state index contributed by atoms with van der Waals surface area (Å²) in [4.78, 5) is 0. The molecule has 0 spiro atoms. The molecule has 3 nitrogen and oxygen atoms in total. The maximum atomic E-state index is 9.82. The molecule has 1 aliphatic heterocycles. The lowest BCUT2D eigenvalue weighted by Crippen LogP contribution is -2.39. The van der Waals surface area contributed by atoms with Gasteiger partial charge in [0.2, 0.25) is 0 Å². The molecule has 1 aromatic rings. The third kappa shape index (κ3) is 2.17. The third-order valence-corrected chi connectivity index (χ3v) is 2.92. The summed E-state index contributed by atoms with van der Waals surface area (Å²) in [7, 11) is 0. The highest BCUT2D eigenvalue weighted by atomic mass is 16.3. The number of piperidine rings is 1. The van der Waals surface area contributed by atoms with E-state index in [-0.39, 0.29) is 12.0 Å². The zero-order chi connectivity index (χ0) is 10.7. The average molecular weight is 202 g/mol. The molecule has 0 radical (unpaired) electrons. The molecule has 2 unspecified atom stereocenters. The highest BCUT2D eigenvalue weighted by Gasteiger charge is 2.23. The Morgan fingerprint density at radius 2 is 2.07 bits per heavy atom. The number of hydrogen-bond acceptors (Lipinski definition) is 3. The van der Waals surface area contributed by atoms with Crippen molar-refractivity contribution >= 4 is 0 Å². The molecule has 0 aromatic heterocycles. The van der Waals surface area contributed by atoms with Gasteiger partial charge in [0.1, 0.15) is 0 Å². The monoisotopic (exact) mass is 202 g/mol. The highest BCUT2D eigenvalue weighted by molar-refractivity contribution is 5.33. The first-order chi connectivity index (χ1) is 7.31. The van der Waals surface area contributed by atoms with E-state index in [0.717, 1.165) is 18.5 Å². The normalized spacial score (nSPS) is 25.9. The van der Waals surface area contributed by atoms with E-state index in [4.69, 9.17) is 5.26 Å². The predicted molar refractivity (Wildman–Crippen MR) is 57.4 cm³/mol. The van der Waals surface area contributed by atoms with Gasteiger partial charge in [-0.05, 0) is 30.7 Å². The second-order valence-electron chi connectivity index (χ2n) is 3.90. The second-order valence-corrected chi connectivity index (χ2v) is 3.90. The zero-order valence-corrected chi connectivity index (χ0v) is 8.48. The minimum atomic E-state index is -0.313. The van der Waals surface area contributed by atoms with Crippen LogP contribution in [0.15, 0.2) is 24.3 Å². The summed E-state index contributed by atoms with van der Waals surface area (Å²) in [5, 5.41) is 21.7. The van der Waals surface area contributed by atoms with Crippen LogP contribution in [0.2, 0.25) is 0 Å². The van der Waals surface area contributed by atoms with E-state index in [0.29, 0.717) is 12.1 Å². The first-order valence-corrected chi connectivity index (χ1v) is 5.20. The number of nitrogens with one attached hydrogen (secondary N) is 1. The van der Waals surface area contributed by atoms with Crippen molar-refractivity contribution in [1.82, 2.24) is 5.32 Å². The van der Waals surface area contributed by atoms with Crippen LogP contribution < -0.4 is 5.32 Å². The quantitative estimate of drug-likeness (QED) is 0.714. The molecule has 0 bridgehead atoms. The molecule has 1 saturated heterocycles. The molecule has 1 aromatic carbocycles. The highest BCUT2D eigenvalue weighted by Crippen LogP contribution is 2.25. The number of β-amino-alcohol motifs (C(OH)–C–C–N with tert-alkyl or cyclic N) is 1. The molecular formula is C12H14N2O. The minimum absolute atomic E-state index is 0.207. The van der Waals surface area contributed by atoms with E-state index in [2.05, 4.69) is 11.4 Å². The molecule has 3 heteroatoms. The van der Waals surface area contributed by atoms with Crippen molar-refractivity contribution < 1.29 is 5.11 Å². The maximum Gasteiger partial charge on any atom is 0.0991 e. The van der Waals surface area contributed by atoms with Crippen LogP contribution in [0.1, 0.15) is 23.5 Å². The molecule has 0 aliphatic carbocycles. The van der Waals surface area contributed by atoms with Gasteiger partial charge < -0.3 is 10.4 Å². The van der Waals surface area contributed by atoms with Crippen LogP contribution in [0, 0.1) is 11.3 Å². The predicted octanol–water partition coefficient (Wildman–Crippen LogP) is 0.996. The summed E-state index contributed by atoms with van der Waals surface area (Å²) >= 11 is 0. The molecule has 2 atom stereocenters. The van der Waals surface area contributed by atoms with Gasteiger partial charge in [0, 0.05) is 12.5 Å². The van der Waals surface area contributed by atoms with Gasteiger partial charge in [-0.15, -0.1) is 0 Å². The Labute approximate surface area is 89.4 Å². The molecule has 2 N–H and O–H groups in total. The van der Waals surface area contributed by atoms with Crippen LogP contribution in [-0.2, 0) is 0 Å². The first kappa shape index (κ1) is 10.2. The van der Waals surface area contributed by atoms with Crippen molar-refractivity contribution in [3.05, 3.63) is 35.4 Å². The molecule has 15 heavy (non-hydrogen) atoms. The number of aliphatic hydroxyl groups excluding tert-OH is 1. The van der Waals surface area contributed by atoms with Gasteiger partial charge in [-0.3, -0.25) is 0 Å². The molecule has 2 rings (SSSR count). The smallest absolute Gasteiger partial charge is 0.0991 e. The second kappa shape index (κ2) is 4.43. The van der Waals surface area contributed by atoms with Gasteiger partial charge in [-0.2, -0.15) is 5.26 Å². The number of hydrogen-bond donors (Lipinski definition) is 2.